The van der Waals surface area contributed by atoms with Crippen molar-refractivity contribution in [2.45, 2.75) is 12.8 Å². The van der Waals surface area contributed by atoms with Gasteiger partial charge in [0.25, 0.3) is 0 Å². The van der Waals surface area contributed by atoms with Crippen molar-refractivity contribution < 1.29 is 31.9 Å². The summed E-state index contributed by atoms with van der Waals surface area (Å²) >= 11 is 5.90. The van der Waals surface area contributed by atoms with E-state index in [0.717, 1.165) is 12.1 Å². The highest BCUT2D eigenvalue weighted by Gasteiger charge is 2.49. The van der Waals surface area contributed by atoms with Crippen LogP contribution >= 0.6 is 11.6 Å². The van der Waals surface area contributed by atoms with E-state index in [-0.39, 0.29) is 28.2 Å². The molecular weight excluding hydrogens is 482 g/mol. The molecule has 9 nitrogen and oxygen atoms in total. The average Bonchev–Trinajstić information content (AvgIpc) is 3.42. The van der Waals surface area contributed by atoms with E-state index < -0.39 is 56.0 Å². The molecule has 4 rings (SSSR count). The van der Waals surface area contributed by atoms with E-state index >= 15 is 4.39 Å². The third-order valence-corrected chi connectivity index (χ3v) is 6.71. The van der Waals surface area contributed by atoms with Gasteiger partial charge in [0.05, 0.1) is 21.7 Å². The number of carboxylic acids is 1. The third-order valence-electron chi connectivity index (χ3n) is 5.39. The van der Waals surface area contributed by atoms with Crippen LogP contribution in [0.3, 0.4) is 0 Å². The maximum absolute atomic E-state index is 15.1. The summed E-state index contributed by atoms with van der Waals surface area (Å²) in [5.74, 6) is -5.33. The molecule has 0 saturated heterocycles. The van der Waals surface area contributed by atoms with Crippen LogP contribution in [0.1, 0.15) is 28.8 Å². The van der Waals surface area contributed by atoms with Gasteiger partial charge in [-0.15, -0.1) is 0 Å². The first-order chi connectivity index (χ1) is 15.5. The summed E-state index contributed by atoms with van der Waals surface area (Å²) in [7, 11) is -4.19. The first kappa shape index (κ1) is 23.1. The van der Waals surface area contributed by atoms with Gasteiger partial charge in [-0.1, -0.05) is 11.6 Å². The van der Waals surface area contributed by atoms with Crippen molar-refractivity contribution in [3.05, 3.63) is 58.4 Å². The molecule has 0 amide bonds. The van der Waals surface area contributed by atoms with Crippen LogP contribution in [0.25, 0.3) is 11.0 Å². The number of ketones is 1. The summed E-state index contributed by atoms with van der Waals surface area (Å²) in [6.45, 7) is -0.0734. The fourth-order valence-electron chi connectivity index (χ4n) is 3.39. The van der Waals surface area contributed by atoms with E-state index in [4.69, 9.17) is 16.7 Å². The molecule has 1 aliphatic rings. The number of nitrogens with one attached hydrogen (secondary N) is 3. The second kappa shape index (κ2) is 8.36. The second-order valence-electron chi connectivity index (χ2n) is 7.74. The number of anilines is 1. The molecule has 1 fully saturated rings. The number of benzene rings is 1. The molecule has 0 unspecified atom stereocenters. The van der Waals surface area contributed by atoms with Crippen LogP contribution in [0, 0.1) is 17.0 Å². The summed E-state index contributed by atoms with van der Waals surface area (Å²) in [6, 6.07) is 3.03. The Morgan fingerprint density at radius 2 is 2.00 bits per heavy atom. The van der Waals surface area contributed by atoms with Crippen molar-refractivity contribution in [1.82, 2.24) is 15.3 Å². The van der Waals surface area contributed by atoms with Crippen LogP contribution in [0.4, 0.5) is 14.5 Å². The number of carboxylic acid groups (broad SMARTS) is 1. The number of aromatic nitrogens is 2. The summed E-state index contributed by atoms with van der Waals surface area (Å²) < 4.78 is 56.2. The van der Waals surface area contributed by atoms with Gasteiger partial charge in [-0.2, -0.15) is 0 Å². The van der Waals surface area contributed by atoms with Gasteiger partial charge in [0.15, 0.2) is 5.82 Å². The fraction of sp³-hybridized carbons (Fsp3) is 0.250. The van der Waals surface area contributed by atoms with Crippen LogP contribution in [-0.4, -0.2) is 47.7 Å². The quantitative estimate of drug-likeness (QED) is 0.332. The summed E-state index contributed by atoms with van der Waals surface area (Å²) in [5.41, 5.74) is -2.39. The number of hydrogen-bond acceptors (Lipinski definition) is 6. The number of carbonyl (C=O) groups excluding carboxylic acids is 1. The molecule has 1 aliphatic carbocycles. The maximum Gasteiger partial charge on any atom is 0.310 e. The Labute approximate surface area is 191 Å². The molecule has 0 aliphatic heterocycles. The molecule has 4 N–H and O–H groups in total. The van der Waals surface area contributed by atoms with Crippen molar-refractivity contribution in [3.63, 3.8) is 0 Å². The lowest BCUT2D eigenvalue weighted by Gasteiger charge is -2.14. The molecule has 2 aromatic heterocycles. The van der Waals surface area contributed by atoms with E-state index in [2.05, 4.69) is 15.3 Å². The Balaban J connectivity index is 1.57. The Kier molecular flexibility index (Phi) is 5.85. The normalized spacial score (nSPS) is 14.9. The number of sulfonamides is 1. The Morgan fingerprint density at radius 1 is 1.27 bits per heavy atom. The van der Waals surface area contributed by atoms with Gasteiger partial charge < -0.3 is 15.4 Å². The molecule has 1 aromatic carbocycles. The van der Waals surface area contributed by atoms with Gasteiger partial charge in [0.2, 0.25) is 15.8 Å². The number of halogens is 3. The highest BCUT2D eigenvalue weighted by atomic mass is 35.5. The summed E-state index contributed by atoms with van der Waals surface area (Å²) in [6.07, 6.45) is 3.41. The number of nitrogens with zero attached hydrogens (tertiary/aromatic N) is 1. The van der Waals surface area contributed by atoms with Crippen molar-refractivity contribution >= 4 is 50.1 Å². The van der Waals surface area contributed by atoms with Gasteiger partial charge in [-0.25, -0.2) is 22.2 Å². The van der Waals surface area contributed by atoms with E-state index in [0.29, 0.717) is 12.8 Å². The molecule has 174 valence electrons. The topological polar surface area (TPSA) is 141 Å². The zero-order valence-electron chi connectivity index (χ0n) is 16.8. The van der Waals surface area contributed by atoms with E-state index in [9.17, 15) is 22.4 Å². The minimum atomic E-state index is -4.19. The van der Waals surface area contributed by atoms with Gasteiger partial charge in [0, 0.05) is 29.9 Å². The van der Waals surface area contributed by atoms with E-state index in [1.807, 2.05) is 4.72 Å². The first-order valence-corrected chi connectivity index (χ1v) is 11.7. The second-order valence-corrected chi connectivity index (χ2v) is 9.90. The van der Waals surface area contributed by atoms with Crippen molar-refractivity contribution in [2.75, 3.05) is 17.1 Å². The maximum atomic E-state index is 15.1. The molecule has 0 spiro atoms. The molecule has 1 saturated carbocycles. The highest BCUT2D eigenvalue weighted by Crippen LogP contribution is 2.45. The fourth-order valence-corrected chi connectivity index (χ4v) is 4.48. The van der Waals surface area contributed by atoms with Gasteiger partial charge in [0.1, 0.15) is 17.3 Å². The number of aliphatic carboxylic acids is 1. The lowest BCUT2D eigenvalue weighted by atomic mass is 10.0. The Bertz CT molecular complexity index is 1390. The van der Waals surface area contributed by atoms with Gasteiger partial charge in [-0.05, 0) is 31.0 Å². The predicted molar refractivity (Wildman–Crippen MR) is 116 cm³/mol. The molecule has 2 heterocycles. The Morgan fingerprint density at radius 3 is 2.67 bits per heavy atom. The van der Waals surface area contributed by atoms with E-state index in [1.165, 1.54) is 18.5 Å². The molecule has 0 radical (unpaired) electrons. The monoisotopic (exact) mass is 498 g/mol. The van der Waals surface area contributed by atoms with Crippen LogP contribution in [0.15, 0.2) is 30.6 Å². The Hall–Kier alpha value is -3.09. The number of rotatable bonds is 9. The lowest BCUT2D eigenvalue weighted by molar-refractivity contribution is -0.143. The number of hydrogen-bond donors (Lipinski definition) is 4. The molecule has 13 heteroatoms. The molecule has 33 heavy (non-hydrogen) atoms. The van der Waals surface area contributed by atoms with Crippen molar-refractivity contribution in [3.8, 4) is 0 Å². The van der Waals surface area contributed by atoms with Crippen LogP contribution in [0.5, 0.6) is 0 Å². The van der Waals surface area contributed by atoms with Crippen LogP contribution < -0.4 is 10.0 Å². The van der Waals surface area contributed by atoms with E-state index in [1.54, 1.807) is 0 Å². The number of H-pyrrole nitrogens is 1. The zero-order valence-corrected chi connectivity index (χ0v) is 18.4. The average molecular weight is 499 g/mol. The van der Waals surface area contributed by atoms with Crippen molar-refractivity contribution in [2.24, 2.45) is 5.41 Å². The third kappa shape index (κ3) is 4.54. The molecule has 3 aromatic rings. The van der Waals surface area contributed by atoms with Crippen molar-refractivity contribution in [1.29, 1.82) is 0 Å². The predicted octanol–water partition coefficient (Wildman–Crippen LogP) is 2.88. The summed E-state index contributed by atoms with van der Waals surface area (Å²) in [5, 5.41) is 12.1. The zero-order chi connectivity index (χ0) is 24.0. The largest absolute Gasteiger partial charge is 0.481 e. The molecular formula is C20H17ClF2N4O5S. The molecule has 0 atom stereocenters. The first-order valence-electron chi connectivity index (χ1n) is 9.63. The van der Waals surface area contributed by atoms with Crippen LogP contribution in [0.2, 0.25) is 5.02 Å². The van der Waals surface area contributed by atoms with Gasteiger partial charge >= 0.3 is 5.97 Å². The standard InChI is InChI=1S/C20H17ClF2N4O5S/c21-10-5-11-12(7-26-18(11)25-6-10)17(28)15-13(22)1-2-14(16(15)23)27-33(31,32)9-24-8-20(3-4-20)19(29)30/h1-2,5-7,24,27H,3-4,8-9H2,(H,25,26)(H,29,30). The molecule has 0 bridgehead atoms. The lowest BCUT2D eigenvalue weighted by Crippen LogP contribution is -2.35. The van der Waals surface area contributed by atoms with Crippen LogP contribution in [-0.2, 0) is 14.8 Å². The highest BCUT2D eigenvalue weighted by molar-refractivity contribution is 7.92. The number of aromatic amines is 1. The summed E-state index contributed by atoms with van der Waals surface area (Å²) in [4.78, 5) is 30.8. The SMILES string of the molecule is O=C(c1c(F)ccc(NS(=O)(=O)CNCC2(C(=O)O)CC2)c1F)c1c[nH]c2ncc(Cl)cc12. The minimum Gasteiger partial charge on any atom is -0.481 e. The minimum absolute atomic E-state index is 0.0734. The number of pyridine rings is 1. The number of carbonyl (C=O) groups is 2. The smallest absolute Gasteiger partial charge is 0.310 e. The van der Waals surface area contributed by atoms with Gasteiger partial charge in [-0.3, -0.25) is 14.3 Å². The number of fused-ring (bicyclic) bond motifs is 1.